The van der Waals surface area contributed by atoms with Crippen molar-refractivity contribution in [1.82, 2.24) is 4.72 Å². The molecule has 0 saturated carbocycles. The van der Waals surface area contributed by atoms with Crippen molar-refractivity contribution in [3.05, 3.63) is 29.8 Å². The zero-order valence-corrected chi connectivity index (χ0v) is 9.74. The summed E-state index contributed by atoms with van der Waals surface area (Å²) in [7, 11) is -3.67. The van der Waals surface area contributed by atoms with Gasteiger partial charge in [-0.3, -0.25) is 0 Å². The predicted octanol–water partition coefficient (Wildman–Crippen LogP) is -0.373. The molecule has 3 N–H and O–H groups in total. The van der Waals surface area contributed by atoms with E-state index in [1.807, 2.05) is 6.92 Å². The van der Waals surface area contributed by atoms with E-state index in [0.717, 1.165) is 5.56 Å². The topological polar surface area (TPSA) is 86.6 Å². The lowest BCUT2D eigenvalue weighted by molar-refractivity contribution is 0.185. The van der Waals surface area contributed by atoms with Gasteiger partial charge in [0.05, 0.1) is 24.2 Å². The number of sulfonamides is 1. The molecule has 0 spiro atoms. The molecular weight excluding hydrogens is 230 g/mol. The van der Waals surface area contributed by atoms with Crippen molar-refractivity contribution in [2.75, 3.05) is 13.2 Å². The number of hydrogen-bond donors (Lipinski definition) is 3. The Bertz CT molecular complexity index is 423. The van der Waals surface area contributed by atoms with Crippen LogP contribution in [0.4, 0.5) is 0 Å². The highest BCUT2D eigenvalue weighted by molar-refractivity contribution is 7.89. The molecule has 1 rings (SSSR count). The van der Waals surface area contributed by atoms with Crippen molar-refractivity contribution in [3.63, 3.8) is 0 Å². The van der Waals surface area contributed by atoms with E-state index in [2.05, 4.69) is 4.72 Å². The van der Waals surface area contributed by atoms with Gasteiger partial charge >= 0.3 is 0 Å². The smallest absolute Gasteiger partial charge is 0.240 e. The zero-order chi connectivity index (χ0) is 12.2. The fourth-order valence-corrected chi connectivity index (χ4v) is 2.36. The zero-order valence-electron chi connectivity index (χ0n) is 8.92. The minimum absolute atomic E-state index is 0.116. The Morgan fingerprint density at radius 1 is 1.19 bits per heavy atom. The summed E-state index contributed by atoms with van der Waals surface area (Å²) in [5, 5.41) is 17.6. The second-order valence-corrected chi connectivity index (χ2v) is 5.21. The van der Waals surface area contributed by atoms with Gasteiger partial charge in [0.1, 0.15) is 0 Å². The summed E-state index contributed by atoms with van der Waals surface area (Å²) in [6, 6.07) is 5.45. The number of aliphatic hydroxyl groups is 2. The Hall–Kier alpha value is -0.950. The summed E-state index contributed by atoms with van der Waals surface area (Å²) >= 11 is 0. The van der Waals surface area contributed by atoms with Crippen LogP contribution in [0.15, 0.2) is 29.2 Å². The average molecular weight is 245 g/mol. The van der Waals surface area contributed by atoms with E-state index >= 15 is 0 Å². The molecule has 0 heterocycles. The highest BCUT2D eigenvalue weighted by Crippen LogP contribution is 2.10. The number of hydrogen-bond acceptors (Lipinski definition) is 4. The number of nitrogens with one attached hydrogen (secondary N) is 1. The van der Waals surface area contributed by atoms with Gasteiger partial charge in [0.15, 0.2) is 0 Å². The van der Waals surface area contributed by atoms with Gasteiger partial charge in [-0.25, -0.2) is 13.1 Å². The maximum absolute atomic E-state index is 11.7. The molecule has 0 aliphatic carbocycles. The Morgan fingerprint density at radius 3 is 2.12 bits per heavy atom. The lowest BCUT2D eigenvalue weighted by Gasteiger charge is -2.13. The van der Waals surface area contributed by atoms with Crippen molar-refractivity contribution in [1.29, 1.82) is 0 Å². The molecular formula is C10H15NO4S. The highest BCUT2D eigenvalue weighted by Gasteiger charge is 2.18. The number of aryl methyl sites for hydroxylation is 1. The maximum atomic E-state index is 11.7. The molecule has 1 aromatic carbocycles. The fourth-order valence-electron chi connectivity index (χ4n) is 1.14. The summed E-state index contributed by atoms with van der Waals surface area (Å²) in [5.41, 5.74) is 0.958. The lowest BCUT2D eigenvalue weighted by atomic mass is 10.2. The van der Waals surface area contributed by atoms with Gasteiger partial charge in [0.25, 0.3) is 0 Å². The van der Waals surface area contributed by atoms with Crippen LogP contribution in [0.3, 0.4) is 0 Å². The van der Waals surface area contributed by atoms with Crippen LogP contribution in [0.25, 0.3) is 0 Å². The van der Waals surface area contributed by atoms with Crippen LogP contribution < -0.4 is 4.72 Å². The molecule has 90 valence electrons. The van der Waals surface area contributed by atoms with Crippen LogP contribution in [0.1, 0.15) is 5.56 Å². The third-order valence-corrected chi connectivity index (χ3v) is 3.63. The molecule has 0 aliphatic heterocycles. The summed E-state index contributed by atoms with van der Waals surface area (Å²) < 4.78 is 25.7. The minimum Gasteiger partial charge on any atom is -0.395 e. The predicted molar refractivity (Wildman–Crippen MR) is 59.5 cm³/mol. The van der Waals surface area contributed by atoms with Crippen molar-refractivity contribution >= 4 is 10.0 Å². The third-order valence-electron chi connectivity index (χ3n) is 2.09. The largest absolute Gasteiger partial charge is 0.395 e. The van der Waals surface area contributed by atoms with Crippen molar-refractivity contribution < 1.29 is 18.6 Å². The summed E-state index contributed by atoms with van der Waals surface area (Å²) in [6.07, 6.45) is 0. The van der Waals surface area contributed by atoms with E-state index in [1.165, 1.54) is 12.1 Å². The van der Waals surface area contributed by atoms with Crippen LogP contribution >= 0.6 is 0 Å². The first-order valence-electron chi connectivity index (χ1n) is 4.80. The SMILES string of the molecule is Cc1ccc(S(=O)(=O)NC(CO)CO)cc1. The van der Waals surface area contributed by atoms with Gasteiger partial charge in [-0.1, -0.05) is 17.7 Å². The highest BCUT2D eigenvalue weighted by atomic mass is 32.2. The van der Waals surface area contributed by atoms with Crippen molar-refractivity contribution in [2.24, 2.45) is 0 Å². The summed E-state index contributed by atoms with van der Waals surface area (Å²) in [5.74, 6) is 0. The Labute approximate surface area is 94.8 Å². The molecule has 0 amide bonds. The average Bonchev–Trinajstić information content (AvgIpc) is 2.26. The molecule has 0 aromatic heterocycles. The Morgan fingerprint density at radius 2 is 1.69 bits per heavy atom. The first-order chi connectivity index (χ1) is 7.49. The molecule has 0 unspecified atom stereocenters. The van der Waals surface area contributed by atoms with Crippen LogP contribution in [-0.2, 0) is 10.0 Å². The molecule has 5 nitrogen and oxygen atoms in total. The second-order valence-electron chi connectivity index (χ2n) is 3.50. The maximum Gasteiger partial charge on any atom is 0.240 e. The van der Waals surface area contributed by atoms with E-state index in [0.29, 0.717) is 0 Å². The van der Waals surface area contributed by atoms with Gasteiger partial charge < -0.3 is 10.2 Å². The minimum atomic E-state index is -3.67. The monoisotopic (exact) mass is 245 g/mol. The standard InChI is InChI=1S/C10H15NO4S/c1-8-2-4-10(5-3-8)16(14,15)11-9(6-12)7-13/h2-5,9,11-13H,6-7H2,1H3. The van der Waals surface area contributed by atoms with Gasteiger partial charge in [0, 0.05) is 0 Å². The van der Waals surface area contributed by atoms with E-state index in [4.69, 9.17) is 10.2 Å². The molecule has 0 atom stereocenters. The van der Waals surface area contributed by atoms with Gasteiger partial charge in [-0.15, -0.1) is 0 Å². The lowest BCUT2D eigenvalue weighted by Crippen LogP contribution is -2.39. The molecule has 16 heavy (non-hydrogen) atoms. The molecule has 0 aliphatic rings. The third kappa shape index (κ3) is 3.28. The molecule has 1 aromatic rings. The van der Waals surface area contributed by atoms with Gasteiger partial charge in [0.2, 0.25) is 10.0 Å². The van der Waals surface area contributed by atoms with Crippen LogP contribution in [-0.4, -0.2) is 37.9 Å². The normalized spacial score (nSPS) is 12.0. The summed E-state index contributed by atoms with van der Waals surface area (Å²) in [6.45, 7) is 0.970. The van der Waals surface area contributed by atoms with Crippen LogP contribution in [0, 0.1) is 6.92 Å². The van der Waals surface area contributed by atoms with E-state index in [-0.39, 0.29) is 4.90 Å². The van der Waals surface area contributed by atoms with Crippen molar-refractivity contribution in [2.45, 2.75) is 17.9 Å². The van der Waals surface area contributed by atoms with Crippen LogP contribution in [0.5, 0.6) is 0 Å². The number of rotatable bonds is 5. The Balaban J connectivity index is 2.89. The Kier molecular flexibility index (Phi) is 4.43. The van der Waals surface area contributed by atoms with Gasteiger partial charge in [-0.2, -0.15) is 0 Å². The quantitative estimate of drug-likeness (QED) is 0.660. The first kappa shape index (κ1) is 13.1. The molecule has 0 bridgehead atoms. The fraction of sp³-hybridized carbons (Fsp3) is 0.400. The van der Waals surface area contributed by atoms with E-state index in [9.17, 15) is 8.42 Å². The number of aliphatic hydroxyl groups excluding tert-OH is 2. The molecule has 6 heteroatoms. The van der Waals surface area contributed by atoms with E-state index in [1.54, 1.807) is 12.1 Å². The van der Waals surface area contributed by atoms with Gasteiger partial charge in [-0.05, 0) is 19.1 Å². The van der Waals surface area contributed by atoms with Crippen LogP contribution in [0.2, 0.25) is 0 Å². The van der Waals surface area contributed by atoms with Crippen molar-refractivity contribution in [3.8, 4) is 0 Å². The number of benzene rings is 1. The molecule has 0 radical (unpaired) electrons. The first-order valence-corrected chi connectivity index (χ1v) is 6.28. The molecule has 0 fully saturated rings. The summed E-state index contributed by atoms with van der Waals surface area (Å²) in [4.78, 5) is 0.116. The molecule has 0 saturated heterocycles. The second kappa shape index (κ2) is 5.40. The van der Waals surface area contributed by atoms with E-state index < -0.39 is 29.3 Å².